The molecule has 174 valence electrons. The van der Waals surface area contributed by atoms with Crippen molar-refractivity contribution < 1.29 is 21.6 Å². The molecule has 2 N–H and O–H groups in total. The summed E-state index contributed by atoms with van der Waals surface area (Å²) in [6, 6.07) is 5.34. The maximum absolute atomic E-state index is 13.0. The van der Waals surface area contributed by atoms with Gasteiger partial charge in [0, 0.05) is 38.9 Å². The summed E-state index contributed by atoms with van der Waals surface area (Å²) in [4.78, 5) is 12.3. The molecule has 0 bridgehead atoms. The van der Waals surface area contributed by atoms with Crippen LogP contribution in [-0.2, 0) is 27.1 Å². The van der Waals surface area contributed by atoms with E-state index in [1.165, 1.54) is 34.8 Å². The van der Waals surface area contributed by atoms with Crippen molar-refractivity contribution in [2.45, 2.75) is 41.5 Å². The monoisotopic (exact) mass is 481 g/mol. The third-order valence-corrected chi connectivity index (χ3v) is 9.21. The number of hydrogen-bond acceptors (Lipinski definition) is 6. The second kappa shape index (κ2) is 8.93. The Bertz CT molecular complexity index is 1180. The normalized spacial score (nSPS) is 18.5. The van der Waals surface area contributed by atoms with E-state index in [0.717, 1.165) is 12.8 Å². The van der Waals surface area contributed by atoms with Gasteiger partial charge < -0.3 is 5.32 Å². The van der Waals surface area contributed by atoms with E-state index in [2.05, 4.69) is 15.1 Å². The first-order chi connectivity index (χ1) is 15.1. The molecule has 10 nitrogen and oxygen atoms in total. The Balaban J connectivity index is 1.32. The summed E-state index contributed by atoms with van der Waals surface area (Å²) in [5.41, 5.74) is 0.491. The smallest absolute Gasteiger partial charge is 0.254 e. The molecule has 0 atom stereocenters. The van der Waals surface area contributed by atoms with Crippen LogP contribution < -0.4 is 10.0 Å². The van der Waals surface area contributed by atoms with E-state index in [0.29, 0.717) is 38.0 Å². The Morgan fingerprint density at radius 3 is 2.22 bits per heavy atom. The van der Waals surface area contributed by atoms with Gasteiger partial charge in [0.1, 0.15) is 0 Å². The Labute approximate surface area is 188 Å². The van der Waals surface area contributed by atoms with Crippen LogP contribution in [0.5, 0.6) is 0 Å². The number of amides is 1. The Hall–Kier alpha value is -2.28. The molecule has 1 saturated heterocycles. The lowest BCUT2D eigenvalue weighted by Crippen LogP contribution is -2.41. The minimum absolute atomic E-state index is 0.0150. The average Bonchev–Trinajstić information content (AvgIpc) is 3.47. The zero-order valence-electron chi connectivity index (χ0n) is 17.8. The van der Waals surface area contributed by atoms with Crippen molar-refractivity contribution in [3.8, 4) is 0 Å². The minimum Gasteiger partial charge on any atom is -0.352 e. The van der Waals surface area contributed by atoms with Crippen molar-refractivity contribution in [3.05, 3.63) is 42.2 Å². The molecular formula is C20H27N5O5S2. The number of hydrogen-bond donors (Lipinski definition) is 2. The van der Waals surface area contributed by atoms with Crippen molar-refractivity contribution >= 4 is 26.0 Å². The third-order valence-electron chi connectivity index (χ3n) is 5.76. The first kappa shape index (κ1) is 22.9. The third kappa shape index (κ3) is 5.20. The standard InChI is InChI=1S/C20H27N5O5S2/c1-24-14-16(13-22-24)20(26)21-12-15-8-10-25(11-9-15)32(29,30)19-6-4-18(5-7-19)31(27,28)23-17-2-3-17/h4-7,13-15,17,23H,2-3,8-12H2,1H3,(H,21,26). The second-order valence-corrected chi connectivity index (χ2v) is 12.0. The van der Waals surface area contributed by atoms with Gasteiger partial charge in [-0.25, -0.2) is 21.6 Å². The second-order valence-electron chi connectivity index (χ2n) is 8.33. The number of nitrogens with one attached hydrogen (secondary N) is 2. The molecule has 1 aliphatic heterocycles. The Morgan fingerprint density at radius 2 is 1.66 bits per heavy atom. The molecular weight excluding hydrogens is 454 g/mol. The highest BCUT2D eigenvalue weighted by Gasteiger charge is 2.31. The minimum atomic E-state index is -3.71. The molecule has 0 spiro atoms. The molecule has 1 saturated carbocycles. The van der Waals surface area contributed by atoms with Crippen LogP contribution in [-0.4, -0.2) is 62.5 Å². The highest BCUT2D eigenvalue weighted by atomic mass is 32.2. The summed E-state index contributed by atoms with van der Waals surface area (Å²) in [5.74, 6) is -0.0116. The van der Waals surface area contributed by atoms with E-state index >= 15 is 0 Å². The van der Waals surface area contributed by atoms with Crippen molar-refractivity contribution in [3.63, 3.8) is 0 Å². The molecule has 4 rings (SSSR count). The summed E-state index contributed by atoms with van der Waals surface area (Å²) in [6.45, 7) is 1.17. The number of carbonyl (C=O) groups is 1. The van der Waals surface area contributed by atoms with Crippen molar-refractivity contribution in [1.82, 2.24) is 24.1 Å². The molecule has 1 aliphatic carbocycles. The number of sulfonamides is 2. The lowest BCUT2D eigenvalue weighted by Gasteiger charge is -2.31. The van der Waals surface area contributed by atoms with E-state index in [4.69, 9.17) is 0 Å². The molecule has 2 heterocycles. The Morgan fingerprint density at radius 1 is 1.03 bits per heavy atom. The van der Waals surface area contributed by atoms with Crippen LogP contribution in [0.2, 0.25) is 0 Å². The van der Waals surface area contributed by atoms with Crippen molar-refractivity contribution in [2.24, 2.45) is 13.0 Å². The van der Waals surface area contributed by atoms with Crippen LogP contribution in [0.25, 0.3) is 0 Å². The quantitative estimate of drug-likeness (QED) is 0.571. The van der Waals surface area contributed by atoms with E-state index in [1.54, 1.807) is 17.9 Å². The number of rotatable bonds is 8. The fourth-order valence-corrected chi connectivity index (χ4v) is 6.43. The molecule has 1 amide bonds. The first-order valence-corrected chi connectivity index (χ1v) is 13.5. The van der Waals surface area contributed by atoms with Gasteiger partial charge in [0.2, 0.25) is 20.0 Å². The van der Waals surface area contributed by atoms with Crippen LogP contribution in [0, 0.1) is 5.92 Å². The largest absolute Gasteiger partial charge is 0.352 e. The van der Waals surface area contributed by atoms with Gasteiger partial charge in [0.05, 0.1) is 21.6 Å². The molecule has 0 unspecified atom stereocenters. The lowest BCUT2D eigenvalue weighted by atomic mass is 9.98. The lowest BCUT2D eigenvalue weighted by molar-refractivity contribution is 0.0941. The van der Waals surface area contributed by atoms with Gasteiger partial charge in [-0.2, -0.15) is 9.40 Å². The summed E-state index contributed by atoms with van der Waals surface area (Å²) in [5, 5.41) is 6.86. The average molecular weight is 482 g/mol. The summed E-state index contributed by atoms with van der Waals surface area (Å²) in [7, 11) is -5.59. The number of benzene rings is 1. The molecule has 1 aromatic carbocycles. The fourth-order valence-electron chi connectivity index (χ4n) is 3.66. The van der Waals surface area contributed by atoms with E-state index < -0.39 is 20.0 Å². The maximum atomic E-state index is 13.0. The van der Waals surface area contributed by atoms with Gasteiger partial charge in [0.15, 0.2) is 0 Å². The predicted octanol–water partition coefficient (Wildman–Crippen LogP) is 0.692. The van der Waals surface area contributed by atoms with Crippen LogP contribution >= 0.6 is 0 Å². The fraction of sp³-hybridized carbons (Fsp3) is 0.500. The number of aromatic nitrogens is 2. The van der Waals surface area contributed by atoms with Crippen LogP contribution in [0.1, 0.15) is 36.0 Å². The Kier molecular flexibility index (Phi) is 6.39. The van der Waals surface area contributed by atoms with Gasteiger partial charge in [-0.3, -0.25) is 9.48 Å². The van der Waals surface area contributed by atoms with Crippen LogP contribution in [0.15, 0.2) is 46.5 Å². The molecule has 2 aliphatic rings. The highest BCUT2D eigenvalue weighted by molar-refractivity contribution is 7.89. The number of carbonyl (C=O) groups excluding carboxylic acids is 1. The van der Waals surface area contributed by atoms with Crippen LogP contribution in [0.3, 0.4) is 0 Å². The number of nitrogens with zero attached hydrogens (tertiary/aromatic N) is 3. The predicted molar refractivity (Wildman–Crippen MR) is 117 cm³/mol. The number of aryl methyl sites for hydroxylation is 1. The van der Waals surface area contributed by atoms with Gasteiger partial charge in [-0.05, 0) is 55.9 Å². The van der Waals surface area contributed by atoms with Gasteiger partial charge >= 0.3 is 0 Å². The number of piperidine rings is 1. The molecule has 12 heteroatoms. The summed E-state index contributed by atoms with van der Waals surface area (Å²) < 4.78 is 56.1. The van der Waals surface area contributed by atoms with Crippen LogP contribution in [0.4, 0.5) is 0 Å². The van der Waals surface area contributed by atoms with E-state index in [-0.39, 0.29) is 27.7 Å². The molecule has 1 aromatic heterocycles. The maximum Gasteiger partial charge on any atom is 0.254 e. The zero-order chi connectivity index (χ0) is 22.9. The molecule has 2 fully saturated rings. The molecule has 2 aromatic rings. The van der Waals surface area contributed by atoms with Gasteiger partial charge in [0.25, 0.3) is 5.91 Å². The van der Waals surface area contributed by atoms with E-state index in [9.17, 15) is 21.6 Å². The topological polar surface area (TPSA) is 130 Å². The van der Waals surface area contributed by atoms with Gasteiger partial charge in [-0.15, -0.1) is 0 Å². The molecule has 32 heavy (non-hydrogen) atoms. The van der Waals surface area contributed by atoms with Crippen molar-refractivity contribution in [2.75, 3.05) is 19.6 Å². The van der Waals surface area contributed by atoms with Gasteiger partial charge in [-0.1, -0.05) is 0 Å². The van der Waals surface area contributed by atoms with Crippen molar-refractivity contribution in [1.29, 1.82) is 0 Å². The first-order valence-electron chi connectivity index (χ1n) is 10.5. The van der Waals surface area contributed by atoms with E-state index in [1.807, 2.05) is 0 Å². The zero-order valence-corrected chi connectivity index (χ0v) is 19.4. The summed E-state index contributed by atoms with van der Waals surface area (Å²) in [6.07, 6.45) is 6.06. The SMILES string of the molecule is Cn1cc(C(=O)NCC2CCN(S(=O)(=O)c3ccc(S(=O)(=O)NC4CC4)cc3)CC2)cn1. The highest BCUT2D eigenvalue weighted by Crippen LogP contribution is 2.26. The summed E-state index contributed by atoms with van der Waals surface area (Å²) >= 11 is 0. The molecule has 0 radical (unpaired) electrons.